The molecule has 0 aliphatic heterocycles. The highest BCUT2D eigenvalue weighted by Gasteiger charge is 2.19. The summed E-state index contributed by atoms with van der Waals surface area (Å²) in [5.41, 5.74) is 6.96. The van der Waals surface area contributed by atoms with E-state index in [4.69, 9.17) is 5.73 Å². The summed E-state index contributed by atoms with van der Waals surface area (Å²) in [5.74, 6) is 0.751. The van der Waals surface area contributed by atoms with Gasteiger partial charge in [0.15, 0.2) is 9.84 Å². The standard InChI is InChI=1S/C13H17N3O2S/c1-10-4-3-5-11(13(10)14)19(17,18)9-6-12-15-7-8-16(12)2/h3-5,7-8H,6,9,14H2,1-2H3. The van der Waals surface area contributed by atoms with Gasteiger partial charge in [-0.25, -0.2) is 13.4 Å². The fourth-order valence-corrected chi connectivity index (χ4v) is 3.35. The predicted molar refractivity (Wildman–Crippen MR) is 74.6 cm³/mol. The van der Waals surface area contributed by atoms with Crippen molar-refractivity contribution in [3.8, 4) is 0 Å². The second-order valence-corrected chi connectivity index (χ2v) is 6.59. The number of para-hydroxylation sites is 1. The van der Waals surface area contributed by atoms with Gasteiger partial charge in [-0.05, 0) is 18.6 Å². The molecule has 2 N–H and O–H groups in total. The van der Waals surface area contributed by atoms with Crippen molar-refractivity contribution in [2.75, 3.05) is 11.5 Å². The third-order valence-corrected chi connectivity index (χ3v) is 4.90. The molecule has 1 heterocycles. The van der Waals surface area contributed by atoms with E-state index in [-0.39, 0.29) is 10.6 Å². The fraction of sp³-hybridized carbons (Fsp3) is 0.308. The van der Waals surface area contributed by atoms with Crippen molar-refractivity contribution in [1.29, 1.82) is 0 Å². The molecule has 102 valence electrons. The van der Waals surface area contributed by atoms with Crippen LogP contribution in [0.3, 0.4) is 0 Å². The third kappa shape index (κ3) is 2.78. The van der Waals surface area contributed by atoms with E-state index in [0.29, 0.717) is 12.1 Å². The maximum absolute atomic E-state index is 12.3. The van der Waals surface area contributed by atoms with Crippen molar-refractivity contribution in [3.63, 3.8) is 0 Å². The molecule has 0 saturated carbocycles. The van der Waals surface area contributed by atoms with Crippen LogP contribution in [0, 0.1) is 6.92 Å². The highest BCUT2D eigenvalue weighted by atomic mass is 32.2. The van der Waals surface area contributed by atoms with Crippen LogP contribution in [-0.4, -0.2) is 23.7 Å². The van der Waals surface area contributed by atoms with Crippen molar-refractivity contribution in [1.82, 2.24) is 9.55 Å². The van der Waals surface area contributed by atoms with Crippen molar-refractivity contribution in [2.45, 2.75) is 18.2 Å². The molecule has 0 bridgehead atoms. The van der Waals surface area contributed by atoms with Gasteiger partial charge in [0.1, 0.15) is 5.82 Å². The van der Waals surface area contributed by atoms with E-state index < -0.39 is 9.84 Å². The van der Waals surface area contributed by atoms with Gasteiger partial charge in [-0.15, -0.1) is 0 Å². The topological polar surface area (TPSA) is 78.0 Å². The maximum Gasteiger partial charge on any atom is 0.180 e. The Morgan fingerprint density at radius 3 is 2.74 bits per heavy atom. The van der Waals surface area contributed by atoms with Crippen LogP contribution in [0.25, 0.3) is 0 Å². The van der Waals surface area contributed by atoms with E-state index in [9.17, 15) is 8.42 Å². The first-order chi connectivity index (χ1) is 8.92. The molecule has 19 heavy (non-hydrogen) atoms. The van der Waals surface area contributed by atoms with Crippen molar-refractivity contribution in [2.24, 2.45) is 7.05 Å². The van der Waals surface area contributed by atoms with Crippen LogP contribution < -0.4 is 5.73 Å². The zero-order chi connectivity index (χ0) is 14.0. The minimum Gasteiger partial charge on any atom is -0.397 e. The van der Waals surface area contributed by atoms with E-state index in [2.05, 4.69) is 4.98 Å². The van der Waals surface area contributed by atoms with Gasteiger partial charge in [0.25, 0.3) is 0 Å². The van der Waals surface area contributed by atoms with Gasteiger partial charge in [-0.3, -0.25) is 0 Å². The summed E-state index contributed by atoms with van der Waals surface area (Å²) in [7, 11) is -1.54. The molecular weight excluding hydrogens is 262 g/mol. The summed E-state index contributed by atoms with van der Waals surface area (Å²) in [6, 6.07) is 5.06. The van der Waals surface area contributed by atoms with Crippen LogP contribution in [0.4, 0.5) is 5.69 Å². The van der Waals surface area contributed by atoms with Gasteiger partial charge in [-0.1, -0.05) is 12.1 Å². The molecule has 1 aromatic carbocycles. The highest BCUT2D eigenvalue weighted by Crippen LogP contribution is 2.23. The number of nitrogens with zero attached hydrogens (tertiary/aromatic N) is 2. The minimum atomic E-state index is -3.38. The molecule has 0 amide bonds. The van der Waals surface area contributed by atoms with Gasteiger partial charge in [0.2, 0.25) is 0 Å². The lowest BCUT2D eigenvalue weighted by molar-refractivity contribution is 0.594. The normalized spacial score (nSPS) is 11.7. The quantitative estimate of drug-likeness (QED) is 0.856. The molecule has 5 nitrogen and oxygen atoms in total. The average molecular weight is 279 g/mol. The lowest BCUT2D eigenvalue weighted by Gasteiger charge is -2.09. The molecule has 0 unspecified atom stereocenters. The maximum atomic E-state index is 12.3. The lowest BCUT2D eigenvalue weighted by Crippen LogP contribution is -2.13. The van der Waals surface area contributed by atoms with Crippen molar-refractivity contribution < 1.29 is 8.42 Å². The Kier molecular flexibility index (Phi) is 3.61. The van der Waals surface area contributed by atoms with Crippen molar-refractivity contribution >= 4 is 15.5 Å². The Morgan fingerprint density at radius 2 is 2.11 bits per heavy atom. The van der Waals surface area contributed by atoms with Crippen LogP contribution >= 0.6 is 0 Å². The summed E-state index contributed by atoms with van der Waals surface area (Å²) in [4.78, 5) is 4.33. The molecule has 0 fully saturated rings. The Morgan fingerprint density at radius 1 is 1.37 bits per heavy atom. The van der Waals surface area contributed by atoms with Crippen LogP contribution in [0.5, 0.6) is 0 Å². The van der Waals surface area contributed by atoms with Crippen LogP contribution in [0.1, 0.15) is 11.4 Å². The number of rotatable bonds is 4. The Balaban J connectivity index is 2.24. The Bertz CT molecular complexity index is 690. The predicted octanol–water partition coefficient (Wildman–Crippen LogP) is 1.33. The third-order valence-electron chi connectivity index (χ3n) is 3.13. The zero-order valence-corrected chi connectivity index (χ0v) is 11.8. The first-order valence-corrected chi connectivity index (χ1v) is 7.61. The summed E-state index contributed by atoms with van der Waals surface area (Å²) in [6.45, 7) is 1.80. The molecule has 2 aromatic rings. The van der Waals surface area contributed by atoms with Gasteiger partial charge < -0.3 is 10.3 Å². The summed E-state index contributed by atoms with van der Waals surface area (Å²) >= 11 is 0. The number of anilines is 1. The average Bonchev–Trinajstić information content (AvgIpc) is 2.76. The molecule has 0 spiro atoms. The number of hydrogen-bond donors (Lipinski definition) is 1. The second-order valence-electron chi connectivity index (χ2n) is 4.51. The molecule has 1 aromatic heterocycles. The summed E-state index contributed by atoms with van der Waals surface area (Å²) < 4.78 is 26.4. The number of nitrogen functional groups attached to an aromatic ring is 1. The second kappa shape index (κ2) is 5.05. The molecule has 0 aliphatic rings. The minimum absolute atomic E-state index is 0.00546. The number of imidazole rings is 1. The van der Waals surface area contributed by atoms with Crippen LogP contribution in [-0.2, 0) is 23.3 Å². The number of nitrogens with two attached hydrogens (primary N) is 1. The van der Waals surface area contributed by atoms with Crippen molar-refractivity contribution in [3.05, 3.63) is 42.0 Å². The number of aromatic nitrogens is 2. The van der Waals surface area contributed by atoms with E-state index in [1.807, 2.05) is 11.6 Å². The smallest absolute Gasteiger partial charge is 0.180 e. The number of aryl methyl sites for hydroxylation is 3. The molecule has 0 saturated heterocycles. The van der Waals surface area contributed by atoms with Gasteiger partial charge in [-0.2, -0.15) is 0 Å². The largest absolute Gasteiger partial charge is 0.397 e. The fourth-order valence-electron chi connectivity index (χ4n) is 1.90. The Labute approximate surface area is 113 Å². The summed E-state index contributed by atoms with van der Waals surface area (Å²) in [6.07, 6.45) is 3.82. The zero-order valence-electron chi connectivity index (χ0n) is 11.0. The van der Waals surface area contributed by atoms with E-state index in [0.717, 1.165) is 11.4 Å². The van der Waals surface area contributed by atoms with Gasteiger partial charge in [0.05, 0.1) is 16.3 Å². The first kappa shape index (κ1) is 13.6. The molecule has 0 aliphatic carbocycles. The molecule has 6 heteroatoms. The summed E-state index contributed by atoms with van der Waals surface area (Å²) in [5, 5.41) is 0. The number of hydrogen-bond acceptors (Lipinski definition) is 4. The van der Waals surface area contributed by atoms with Crippen LogP contribution in [0.15, 0.2) is 35.5 Å². The molecular formula is C13H17N3O2S. The molecule has 2 rings (SSSR count). The van der Waals surface area contributed by atoms with Gasteiger partial charge in [0, 0.05) is 25.9 Å². The number of sulfone groups is 1. The molecule has 0 atom stereocenters. The van der Waals surface area contributed by atoms with Gasteiger partial charge >= 0.3 is 0 Å². The van der Waals surface area contributed by atoms with Crippen LogP contribution in [0.2, 0.25) is 0 Å². The van der Waals surface area contributed by atoms with E-state index in [1.54, 1.807) is 37.5 Å². The lowest BCUT2D eigenvalue weighted by atomic mass is 10.2. The van der Waals surface area contributed by atoms with E-state index >= 15 is 0 Å². The monoisotopic (exact) mass is 279 g/mol. The number of benzene rings is 1. The highest BCUT2D eigenvalue weighted by molar-refractivity contribution is 7.91. The molecule has 0 radical (unpaired) electrons. The van der Waals surface area contributed by atoms with E-state index in [1.165, 1.54) is 0 Å². The first-order valence-electron chi connectivity index (χ1n) is 5.96. The SMILES string of the molecule is Cc1cccc(S(=O)(=O)CCc2nccn2C)c1N. The Hall–Kier alpha value is -1.82.